The molecule has 0 aliphatic heterocycles. The molecule has 0 bridgehead atoms. The lowest BCUT2D eigenvalue weighted by molar-refractivity contribution is 0.661. The summed E-state index contributed by atoms with van der Waals surface area (Å²) in [5, 5.41) is 10.3. The first-order valence-electron chi connectivity index (χ1n) is 15.2. The minimum Gasteiger partial charge on any atom is -0.0619 e. The molecule has 0 N–H and O–H groups in total. The molecule has 1 aliphatic rings. The maximum atomic E-state index is 2.43. The van der Waals surface area contributed by atoms with Crippen molar-refractivity contribution in [2.24, 2.45) is 0 Å². The Morgan fingerprint density at radius 2 is 1.02 bits per heavy atom. The molecule has 0 unspecified atom stereocenters. The van der Waals surface area contributed by atoms with Gasteiger partial charge in [0.25, 0.3) is 0 Å². The highest BCUT2D eigenvalue weighted by Crippen LogP contribution is 2.50. The first-order valence-corrected chi connectivity index (χ1v) is 15.2. The van der Waals surface area contributed by atoms with Crippen molar-refractivity contribution < 1.29 is 0 Å². The number of rotatable bonds is 2. The summed E-state index contributed by atoms with van der Waals surface area (Å²) in [6.07, 6.45) is 0. The van der Waals surface area contributed by atoms with Gasteiger partial charge in [-0.3, -0.25) is 0 Å². The Morgan fingerprint density at radius 1 is 0.349 bits per heavy atom. The fourth-order valence-electron chi connectivity index (χ4n) is 7.59. The Kier molecular flexibility index (Phi) is 5.05. The summed E-state index contributed by atoms with van der Waals surface area (Å²) >= 11 is 0. The van der Waals surface area contributed by atoms with Crippen molar-refractivity contribution in [2.75, 3.05) is 0 Å². The molecule has 0 heteroatoms. The predicted octanol–water partition coefficient (Wildman–Crippen LogP) is 11.9. The SMILES string of the molecule is CC1(C)c2ccccc2-c2cc3ccc(-c4ccc(-c5c6ccccc6cc6c5ccc5ccccc56)cc4)cc3cc21. The lowest BCUT2D eigenvalue weighted by atomic mass is 9.82. The number of benzene rings is 8. The fraction of sp³-hybridized carbons (Fsp3) is 0.0698. The summed E-state index contributed by atoms with van der Waals surface area (Å²) in [5.41, 5.74) is 10.6. The standard InChI is InChI=1S/C43H30/c1-43(2)40-14-8-7-13-36(40)39-24-31-20-19-30(23-33(31)26-41(39)43)27-15-17-29(18-16-27)42-35-12-6-4-10-32(35)25-38-34-11-5-3-9-28(34)21-22-37(38)42/h3-26H,1-2H3. The van der Waals surface area contributed by atoms with E-state index in [2.05, 4.69) is 159 Å². The molecule has 0 fully saturated rings. The minimum atomic E-state index is 0.00429. The van der Waals surface area contributed by atoms with E-state index in [0.717, 1.165) is 0 Å². The van der Waals surface area contributed by atoms with Crippen LogP contribution in [0.25, 0.3) is 76.5 Å². The summed E-state index contributed by atoms with van der Waals surface area (Å²) in [6, 6.07) is 54.2. The van der Waals surface area contributed by atoms with Crippen molar-refractivity contribution >= 4 is 43.1 Å². The molecule has 0 spiro atoms. The highest BCUT2D eigenvalue weighted by atomic mass is 14.4. The van der Waals surface area contributed by atoms with E-state index in [1.54, 1.807) is 0 Å². The highest BCUT2D eigenvalue weighted by molar-refractivity contribution is 6.20. The van der Waals surface area contributed by atoms with Gasteiger partial charge >= 0.3 is 0 Å². The van der Waals surface area contributed by atoms with Crippen LogP contribution in [0.5, 0.6) is 0 Å². The summed E-state index contributed by atoms with van der Waals surface area (Å²) in [5.74, 6) is 0. The van der Waals surface area contributed by atoms with E-state index in [4.69, 9.17) is 0 Å². The molecule has 43 heavy (non-hydrogen) atoms. The Labute approximate surface area is 251 Å². The Hall–Kier alpha value is -5.20. The van der Waals surface area contributed by atoms with Gasteiger partial charge in [-0.05, 0) is 112 Å². The zero-order valence-electron chi connectivity index (χ0n) is 24.4. The summed E-state index contributed by atoms with van der Waals surface area (Å²) in [7, 11) is 0. The van der Waals surface area contributed by atoms with Gasteiger partial charge in [-0.25, -0.2) is 0 Å². The normalized spacial score (nSPS) is 13.5. The molecule has 202 valence electrons. The molecule has 0 aromatic heterocycles. The fourth-order valence-corrected chi connectivity index (χ4v) is 7.59. The smallest absolute Gasteiger partial charge is 0.0159 e. The number of hydrogen-bond acceptors (Lipinski definition) is 0. The second-order valence-corrected chi connectivity index (χ2v) is 12.6. The van der Waals surface area contributed by atoms with Crippen molar-refractivity contribution in [3.8, 4) is 33.4 Å². The Bertz CT molecular complexity index is 2400. The third-order valence-electron chi connectivity index (χ3n) is 9.82. The summed E-state index contributed by atoms with van der Waals surface area (Å²) in [6.45, 7) is 4.71. The molecular weight excluding hydrogens is 516 g/mol. The molecule has 0 heterocycles. The second-order valence-electron chi connectivity index (χ2n) is 12.6. The average molecular weight is 547 g/mol. The number of fused-ring (bicyclic) bond motifs is 8. The van der Waals surface area contributed by atoms with Crippen LogP contribution in [-0.4, -0.2) is 0 Å². The van der Waals surface area contributed by atoms with Gasteiger partial charge < -0.3 is 0 Å². The van der Waals surface area contributed by atoms with Crippen LogP contribution in [0.4, 0.5) is 0 Å². The summed E-state index contributed by atoms with van der Waals surface area (Å²) < 4.78 is 0. The van der Waals surface area contributed by atoms with Gasteiger partial charge in [-0.15, -0.1) is 0 Å². The van der Waals surface area contributed by atoms with Crippen LogP contribution in [0, 0.1) is 0 Å². The van der Waals surface area contributed by atoms with E-state index in [-0.39, 0.29) is 5.41 Å². The van der Waals surface area contributed by atoms with E-state index in [1.807, 2.05) is 0 Å². The van der Waals surface area contributed by atoms with Crippen LogP contribution in [-0.2, 0) is 5.41 Å². The van der Waals surface area contributed by atoms with Crippen LogP contribution in [0.15, 0.2) is 146 Å². The van der Waals surface area contributed by atoms with Crippen LogP contribution in [0.2, 0.25) is 0 Å². The van der Waals surface area contributed by atoms with Crippen LogP contribution in [0.1, 0.15) is 25.0 Å². The first-order chi connectivity index (χ1) is 21.1. The Balaban J connectivity index is 1.17. The first kappa shape index (κ1) is 24.4. The van der Waals surface area contributed by atoms with Crippen LogP contribution < -0.4 is 0 Å². The van der Waals surface area contributed by atoms with Gasteiger partial charge in [0.1, 0.15) is 0 Å². The molecule has 1 aliphatic carbocycles. The minimum absolute atomic E-state index is 0.00429. The molecule has 0 saturated carbocycles. The predicted molar refractivity (Wildman–Crippen MR) is 185 cm³/mol. The average Bonchev–Trinajstić information content (AvgIpc) is 3.28. The van der Waals surface area contributed by atoms with Gasteiger partial charge in [0.15, 0.2) is 0 Å². The molecule has 0 radical (unpaired) electrons. The lowest BCUT2D eigenvalue weighted by Gasteiger charge is -2.21. The van der Waals surface area contributed by atoms with Gasteiger partial charge in [0.2, 0.25) is 0 Å². The highest BCUT2D eigenvalue weighted by Gasteiger charge is 2.35. The molecule has 0 saturated heterocycles. The maximum absolute atomic E-state index is 2.43. The topological polar surface area (TPSA) is 0 Å². The van der Waals surface area contributed by atoms with Crippen molar-refractivity contribution in [1.29, 1.82) is 0 Å². The lowest BCUT2D eigenvalue weighted by Crippen LogP contribution is -2.14. The van der Waals surface area contributed by atoms with Crippen molar-refractivity contribution in [3.05, 3.63) is 157 Å². The molecule has 0 amide bonds. The second kappa shape index (κ2) is 8.90. The molecule has 8 aromatic rings. The summed E-state index contributed by atoms with van der Waals surface area (Å²) in [4.78, 5) is 0. The van der Waals surface area contributed by atoms with Crippen molar-refractivity contribution in [1.82, 2.24) is 0 Å². The van der Waals surface area contributed by atoms with Crippen molar-refractivity contribution in [3.63, 3.8) is 0 Å². The Morgan fingerprint density at radius 3 is 1.88 bits per heavy atom. The molecule has 8 aromatic carbocycles. The monoisotopic (exact) mass is 546 g/mol. The third-order valence-corrected chi connectivity index (χ3v) is 9.82. The van der Waals surface area contributed by atoms with E-state index in [9.17, 15) is 0 Å². The van der Waals surface area contributed by atoms with E-state index < -0.39 is 0 Å². The van der Waals surface area contributed by atoms with Crippen LogP contribution >= 0.6 is 0 Å². The molecule has 0 nitrogen and oxygen atoms in total. The van der Waals surface area contributed by atoms with E-state index in [0.29, 0.717) is 0 Å². The van der Waals surface area contributed by atoms with Gasteiger partial charge in [-0.2, -0.15) is 0 Å². The molecular formula is C43H30. The van der Waals surface area contributed by atoms with E-state index in [1.165, 1.54) is 87.6 Å². The van der Waals surface area contributed by atoms with Crippen molar-refractivity contribution in [2.45, 2.75) is 19.3 Å². The largest absolute Gasteiger partial charge is 0.0619 e. The van der Waals surface area contributed by atoms with Gasteiger partial charge in [0, 0.05) is 5.41 Å². The zero-order valence-corrected chi connectivity index (χ0v) is 24.4. The quantitative estimate of drug-likeness (QED) is 0.149. The molecule has 9 rings (SSSR count). The molecule has 0 atom stereocenters. The van der Waals surface area contributed by atoms with Crippen LogP contribution in [0.3, 0.4) is 0 Å². The van der Waals surface area contributed by atoms with E-state index >= 15 is 0 Å². The van der Waals surface area contributed by atoms with Gasteiger partial charge in [0.05, 0.1) is 0 Å². The number of hydrogen-bond donors (Lipinski definition) is 0. The zero-order chi connectivity index (χ0) is 28.7. The third kappa shape index (κ3) is 3.57. The maximum Gasteiger partial charge on any atom is 0.0159 e. The van der Waals surface area contributed by atoms with Gasteiger partial charge in [-0.1, -0.05) is 135 Å².